The molecular formula is C24H32N2O4. The number of nitrogens with one attached hydrogen (secondary N) is 1. The molecule has 0 radical (unpaired) electrons. The summed E-state index contributed by atoms with van der Waals surface area (Å²) in [6.45, 7) is 6.13. The number of nitrogens with zero attached hydrogens (tertiary/aromatic N) is 1. The van der Waals surface area contributed by atoms with Crippen molar-refractivity contribution in [2.24, 2.45) is 5.92 Å². The van der Waals surface area contributed by atoms with Gasteiger partial charge in [0.05, 0.1) is 26.9 Å². The fourth-order valence-corrected chi connectivity index (χ4v) is 3.68. The molecule has 1 fully saturated rings. The molecule has 0 spiro atoms. The number of benzene rings is 2. The molecule has 1 unspecified atom stereocenters. The summed E-state index contributed by atoms with van der Waals surface area (Å²) < 4.78 is 16.6. The minimum absolute atomic E-state index is 0.0261. The van der Waals surface area contributed by atoms with Gasteiger partial charge in [0.2, 0.25) is 0 Å². The highest BCUT2D eigenvalue weighted by molar-refractivity contribution is 5.75. The highest BCUT2D eigenvalue weighted by atomic mass is 16.5. The maximum Gasteiger partial charge on any atom is 0.318 e. The van der Waals surface area contributed by atoms with E-state index in [1.165, 1.54) is 0 Å². The van der Waals surface area contributed by atoms with Gasteiger partial charge in [-0.25, -0.2) is 4.79 Å². The third-order valence-corrected chi connectivity index (χ3v) is 5.26. The van der Waals surface area contributed by atoms with Crippen LogP contribution in [0.25, 0.3) is 0 Å². The monoisotopic (exact) mass is 412 g/mol. The van der Waals surface area contributed by atoms with Crippen LogP contribution in [0.5, 0.6) is 17.2 Å². The summed E-state index contributed by atoms with van der Waals surface area (Å²) in [4.78, 5) is 14.8. The molecule has 1 aliphatic heterocycles. The quantitative estimate of drug-likeness (QED) is 0.678. The molecular weight excluding hydrogens is 380 g/mol. The lowest BCUT2D eigenvalue weighted by Gasteiger charge is -2.27. The summed E-state index contributed by atoms with van der Waals surface area (Å²) in [6.07, 6.45) is 1.86. The van der Waals surface area contributed by atoms with Gasteiger partial charge >= 0.3 is 6.03 Å². The Kier molecular flexibility index (Phi) is 7.44. The minimum atomic E-state index is -0.0671. The van der Waals surface area contributed by atoms with E-state index >= 15 is 0 Å². The summed E-state index contributed by atoms with van der Waals surface area (Å²) in [5, 5.41) is 3.05. The van der Waals surface area contributed by atoms with Gasteiger partial charge in [0.25, 0.3) is 0 Å². The molecule has 1 saturated heterocycles. The number of methoxy groups -OCH3 is 2. The van der Waals surface area contributed by atoms with Crippen molar-refractivity contribution in [3.63, 3.8) is 0 Å². The second-order valence-electron chi connectivity index (χ2n) is 7.97. The molecule has 6 nitrogen and oxygen atoms in total. The number of amides is 2. The fourth-order valence-electron chi connectivity index (χ4n) is 3.68. The van der Waals surface area contributed by atoms with Crippen LogP contribution in [0.1, 0.15) is 43.9 Å². The number of hydrogen-bond donors (Lipinski definition) is 1. The van der Waals surface area contributed by atoms with E-state index < -0.39 is 0 Å². The lowest BCUT2D eigenvalue weighted by atomic mass is 10.0. The molecule has 2 aromatic rings. The van der Waals surface area contributed by atoms with Gasteiger partial charge < -0.3 is 24.4 Å². The van der Waals surface area contributed by atoms with Gasteiger partial charge in [-0.15, -0.1) is 0 Å². The molecule has 3 rings (SSSR count). The van der Waals surface area contributed by atoms with Crippen LogP contribution in [-0.4, -0.2) is 38.3 Å². The number of ether oxygens (including phenoxy) is 3. The first-order valence-corrected chi connectivity index (χ1v) is 10.5. The Morgan fingerprint density at radius 1 is 1.10 bits per heavy atom. The average Bonchev–Trinajstić information content (AvgIpc) is 3.26. The fraction of sp³-hybridized carbons (Fsp3) is 0.458. The first kappa shape index (κ1) is 21.8. The molecule has 1 aliphatic rings. The Balaban J connectivity index is 1.62. The second kappa shape index (κ2) is 10.2. The number of carbonyl (C=O) groups is 1. The molecule has 162 valence electrons. The van der Waals surface area contributed by atoms with E-state index in [1.807, 2.05) is 47.4 Å². The van der Waals surface area contributed by atoms with Crippen molar-refractivity contribution < 1.29 is 19.0 Å². The topological polar surface area (TPSA) is 60.0 Å². The normalized spacial score (nSPS) is 15.9. The predicted octanol–water partition coefficient (Wildman–Crippen LogP) is 4.79. The Bertz CT molecular complexity index is 836. The molecule has 2 amide bonds. The van der Waals surface area contributed by atoms with Crippen molar-refractivity contribution in [1.82, 2.24) is 10.2 Å². The Morgan fingerprint density at radius 3 is 2.50 bits per heavy atom. The van der Waals surface area contributed by atoms with Gasteiger partial charge in [0, 0.05) is 18.7 Å². The van der Waals surface area contributed by atoms with Crippen molar-refractivity contribution in [3.8, 4) is 17.2 Å². The van der Waals surface area contributed by atoms with Crippen LogP contribution in [0.3, 0.4) is 0 Å². The Morgan fingerprint density at radius 2 is 1.83 bits per heavy atom. The average molecular weight is 413 g/mol. The zero-order valence-electron chi connectivity index (χ0n) is 18.3. The van der Waals surface area contributed by atoms with Crippen molar-refractivity contribution in [3.05, 3.63) is 53.6 Å². The highest BCUT2D eigenvalue weighted by Gasteiger charge is 2.32. The summed E-state index contributed by atoms with van der Waals surface area (Å²) >= 11 is 0. The largest absolute Gasteiger partial charge is 0.497 e. The molecule has 0 aromatic heterocycles. The smallest absolute Gasteiger partial charge is 0.318 e. The summed E-state index contributed by atoms with van der Waals surface area (Å²) in [5.74, 6) is 2.87. The van der Waals surface area contributed by atoms with E-state index in [1.54, 1.807) is 14.2 Å². The van der Waals surface area contributed by atoms with E-state index in [0.717, 1.165) is 47.8 Å². The van der Waals surface area contributed by atoms with Crippen LogP contribution in [-0.2, 0) is 6.54 Å². The van der Waals surface area contributed by atoms with Gasteiger partial charge in [0.1, 0.15) is 17.2 Å². The third-order valence-electron chi connectivity index (χ3n) is 5.26. The van der Waals surface area contributed by atoms with Crippen LogP contribution in [0.2, 0.25) is 0 Å². The molecule has 0 saturated carbocycles. The van der Waals surface area contributed by atoms with Gasteiger partial charge in [-0.1, -0.05) is 26.0 Å². The molecule has 1 atom stereocenters. The molecule has 6 heteroatoms. The van der Waals surface area contributed by atoms with Gasteiger partial charge in [0.15, 0.2) is 0 Å². The van der Waals surface area contributed by atoms with Crippen molar-refractivity contribution >= 4 is 6.03 Å². The number of carbonyl (C=O) groups excluding carboxylic acids is 1. The molecule has 30 heavy (non-hydrogen) atoms. The van der Waals surface area contributed by atoms with E-state index in [9.17, 15) is 4.79 Å². The summed E-state index contributed by atoms with van der Waals surface area (Å²) in [5.41, 5.74) is 2.02. The van der Waals surface area contributed by atoms with Crippen LogP contribution < -0.4 is 19.5 Å². The first-order valence-electron chi connectivity index (χ1n) is 10.5. The molecule has 0 bridgehead atoms. The summed E-state index contributed by atoms with van der Waals surface area (Å²) in [7, 11) is 3.29. The molecule has 1 N–H and O–H groups in total. The standard InChI is InChI=1S/C24H32N2O4/c1-17(2)16-30-19-9-7-18(8-10-19)15-25-24(27)26-13-5-6-22(26)21-14-20(28-3)11-12-23(21)29-4/h7-12,14,17,22H,5-6,13,15-16H2,1-4H3,(H,25,27). The van der Waals surface area contributed by atoms with E-state index in [2.05, 4.69) is 19.2 Å². The SMILES string of the molecule is COc1ccc(OC)c(C2CCCN2C(=O)NCc2ccc(OCC(C)C)cc2)c1. The van der Waals surface area contributed by atoms with Crippen LogP contribution in [0.4, 0.5) is 4.79 Å². The number of likely N-dealkylation sites (tertiary alicyclic amines) is 1. The Labute approximate surface area is 179 Å². The van der Waals surface area contributed by atoms with Crippen LogP contribution in [0, 0.1) is 5.92 Å². The lowest BCUT2D eigenvalue weighted by molar-refractivity contribution is 0.191. The molecule has 0 aliphatic carbocycles. The zero-order valence-corrected chi connectivity index (χ0v) is 18.3. The zero-order chi connectivity index (χ0) is 21.5. The molecule has 1 heterocycles. The maximum atomic E-state index is 12.9. The second-order valence-corrected chi connectivity index (χ2v) is 7.97. The predicted molar refractivity (Wildman–Crippen MR) is 117 cm³/mol. The van der Waals surface area contributed by atoms with E-state index in [0.29, 0.717) is 19.1 Å². The van der Waals surface area contributed by atoms with E-state index in [-0.39, 0.29) is 12.1 Å². The number of urea groups is 1. The molecule has 2 aromatic carbocycles. The van der Waals surface area contributed by atoms with E-state index in [4.69, 9.17) is 14.2 Å². The third kappa shape index (κ3) is 5.38. The van der Waals surface area contributed by atoms with Gasteiger partial charge in [-0.05, 0) is 54.7 Å². The first-order chi connectivity index (χ1) is 14.5. The summed E-state index contributed by atoms with van der Waals surface area (Å²) in [6, 6.07) is 13.5. The van der Waals surface area contributed by atoms with Crippen molar-refractivity contribution in [2.45, 2.75) is 39.3 Å². The van der Waals surface area contributed by atoms with Crippen molar-refractivity contribution in [1.29, 1.82) is 0 Å². The number of rotatable bonds is 8. The number of hydrogen-bond acceptors (Lipinski definition) is 4. The van der Waals surface area contributed by atoms with Gasteiger partial charge in [-0.3, -0.25) is 0 Å². The van der Waals surface area contributed by atoms with Crippen LogP contribution in [0.15, 0.2) is 42.5 Å². The minimum Gasteiger partial charge on any atom is -0.497 e. The van der Waals surface area contributed by atoms with Gasteiger partial charge in [-0.2, -0.15) is 0 Å². The maximum absolute atomic E-state index is 12.9. The lowest BCUT2D eigenvalue weighted by Crippen LogP contribution is -2.39. The van der Waals surface area contributed by atoms with Crippen molar-refractivity contribution in [2.75, 3.05) is 27.4 Å². The highest BCUT2D eigenvalue weighted by Crippen LogP contribution is 2.38. The van der Waals surface area contributed by atoms with Crippen LogP contribution >= 0.6 is 0 Å². The Hall–Kier alpha value is -2.89.